The van der Waals surface area contributed by atoms with Gasteiger partial charge in [0.2, 0.25) is 0 Å². The van der Waals surface area contributed by atoms with Gasteiger partial charge in [0.1, 0.15) is 0 Å². The van der Waals surface area contributed by atoms with Crippen molar-refractivity contribution in [1.29, 1.82) is 0 Å². The van der Waals surface area contributed by atoms with Gasteiger partial charge in [-0.05, 0) is 0 Å². The fourth-order valence-electron chi connectivity index (χ4n) is 0.243. The van der Waals surface area contributed by atoms with Gasteiger partial charge in [-0.25, -0.2) is 0 Å². The minimum Gasteiger partial charge on any atom is -0.704 e. The highest BCUT2D eigenvalue weighted by molar-refractivity contribution is 7.22. The van der Waals surface area contributed by atoms with Gasteiger partial charge in [0, 0.05) is 0 Å². The molecule has 1 atom stereocenters. The van der Waals surface area contributed by atoms with E-state index in [4.69, 9.17) is 11.5 Å². The molecule has 0 spiro atoms. The van der Waals surface area contributed by atoms with Crippen molar-refractivity contribution >= 4 is 9.24 Å². The van der Waals surface area contributed by atoms with Gasteiger partial charge in [-0.15, -0.1) is 21.9 Å². The lowest BCUT2D eigenvalue weighted by Crippen LogP contribution is -1.62. The van der Waals surface area contributed by atoms with Crippen LogP contribution in [0.1, 0.15) is 0 Å². The van der Waals surface area contributed by atoms with E-state index >= 15 is 0 Å². The summed E-state index contributed by atoms with van der Waals surface area (Å²) in [5, 5.41) is 0.803. The highest BCUT2D eigenvalue weighted by Gasteiger charge is 1.67. The number of hydrogen-bond acceptors (Lipinski definition) is 0. The van der Waals surface area contributed by atoms with E-state index in [1.165, 1.54) is 6.20 Å². The Kier molecular flexibility index (Phi) is 4.62. The summed E-state index contributed by atoms with van der Waals surface area (Å²) in [6.07, 6.45) is 4.65. The lowest BCUT2D eigenvalue weighted by atomic mass is 10.5. The molecule has 0 fully saturated rings. The van der Waals surface area contributed by atoms with Gasteiger partial charge < -0.3 is 11.5 Å². The molecule has 46 valence electrons. The predicted molar refractivity (Wildman–Crippen MR) is 40.4 cm³/mol. The van der Waals surface area contributed by atoms with Gasteiger partial charge in [0.25, 0.3) is 0 Å². The van der Waals surface area contributed by atoms with Crippen LogP contribution in [0.2, 0.25) is 0 Å². The Morgan fingerprint density at radius 3 is 2.62 bits per heavy atom. The summed E-state index contributed by atoms with van der Waals surface area (Å²) in [5.41, 5.74) is 13.4. The van der Waals surface area contributed by atoms with E-state index in [9.17, 15) is 0 Å². The summed E-state index contributed by atoms with van der Waals surface area (Å²) >= 11 is 0. The van der Waals surface area contributed by atoms with Crippen molar-refractivity contribution in [2.75, 3.05) is 6.54 Å². The quantitative estimate of drug-likeness (QED) is 0.405. The third-order valence-electron chi connectivity index (χ3n) is 0.595. The number of allylic oxidation sites excluding steroid dienone is 2. The Morgan fingerprint density at radius 2 is 2.25 bits per heavy atom. The van der Waals surface area contributed by atoms with E-state index in [2.05, 4.69) is 9.24 Å². The molecule has 0 bridgehead atoms. The summed E-state index contributed by atoms with van der Waals surface area (Å²) < 4.78 is 0. The molecular weight excluding hydrogens is 119 g/mol. The first-order valence-corrected chi connectivity index (χ1v) is 2.83. The van der Waals surface area contributed by atoms with Crippen molar-refractivity contribution in [2.24, 2.45) is 0 Å². The van der Waals surface area contributed by atoms with Crippen LogP contribution in [0.5, 0.6) is 0 Å². The van der Waals surface area contributed by atoms with Crippen LogP contribution < -0.4 is 0 Å². The molecule has 2 N–H and O–H groups in total. The summed E-state index contributed by atoms with van der Waals surface area (Å²) in [4.78, 5) is 0. The van der Waals surface area contributed by atoms with E-state index in [0.717, 1.165) is 5.31 Å². The van der Waals surface area contributed by atoms with Gasteiger partial charge in [-0.3, -0.25) is 0 Å². The van der Waals surface area contributed by atoms with Gasteiger partial charge in [0.05, 0.1) is 0 Å². The maximum Gasteiger partial charge on any atom is -0.0528 e. The summed E-state index contributed by atoms with van der Waals surface area (Å²) in [6, 6.07) is 0. The second kappa shape index (κ2) is 4.82. The zero-order valence-electron chi connectivity index (χ0n) is 4.52. The molecule has 0 aliphatic heterocycles. The average molecular weight is 128 g/mol. The third kappa shape index (κ3) is 3.85. The van der Waals surface area contributed by atoms with E-state index in [1.54, 1.807) is 12.2 Å². The molecule has 1 unspecified atom stereocenters. The third-order valence-corrected chi connectivity index (χ3v) is 0.954. The highest BCUT2D eigenvalue weighted by Crippen LogP contribution is 2.05. The van der Waals surface area contributed by atoms with E-state index in [0.29, 0.717) is 0 Å². The molecule has 0 radical (unpaired) electrons. The van der Waals surface area contributed by atoms with Gasteiger partial charge in [-0.2, -0.15) is 6.20 Å². The van der Waals surface area contributed by atoms with Crippen LogP contribution in [0.15, 0.2) is 23.7 Å². The van der Waals surface area contributed by atoms with Crippen molar-refractivity contribution in [1.82, 2.24) is 0 Å². The van der Waals surface area contributed by atoms with Crippen molar-refractivity contribution in [3.05, 3.63) is 35.1 Å². The minimum atomic E-state index is 0.283. The summed E-state index contributed by atoms with van der Waals surface area (Å²) in [6.45, 7) is 0.283. The smallest absolute Gasteiger partial charge is 0.0528 e. The maximum absolute atomic E-state index is 6.69. The largest absolute Gasteiger partial charge is 0.704 e. The zero-order chi connectivity index (χ0) is 6.41. The molecule has 0 aromatic carbocycles. The Labute approximate surface area is 51.8 Å². The topological polar surface area (TPSA) is 47.6 Å². The van der Waals surface area contributed by atoms with Crippen LogP contribution >= 0.6 is 9.24 Å². The first-order chi connectivity index (χ1) is 3.81. The number of nitrogens with one attached hydrogen (secondary N) is 2. The average Bonchev–Trinajstić information content (AvgIpc) is 1.83. The second-order valence-electron chi connectivity index (χ2n) is 1.25. The van der Waals surface area contributed by atoms with Crippen molar-refractivity contribution in [3.8, 4) is 0 Å². The second-order valence-corrected chi connectivity index (χ2v) is 1.92. The Balaban J connectivity index is 3.53. The van der Waals surface area contributed by atoms with Crippen molar-refractivity contribution in [2.45, 2.75) is 0 Å². The molecule has 2 nitrogen and oxygen atoms in total. The monoisotopic (exact) mass is 128 g/mol. The Hall–Kier alpha value is -0.330. The van der Waals surface area contributed by atoms with Crippen LogP contribution in [0, 0.1) is 0 Å². The van der Waals surface area contributed by atoms with E-state index < -0.39 is 0 Å². The molecule has 0 heterocycles. The molecule has 0 aromatic rings. The zero-order valence-corrected chi connectivity index (χ0v) is 5.67. The predicted octanol–water partition coefficient (Wildman–Crippen LogP) is 2.36. The number of hydrogen-bond donors (Lipinski definition) is 0. The maximum atomic E-state index is 6.69. The van der Waals surface area contributed by atoms with Gasteiger partial charge in [0.15, 0.2) is 0 Å². The summed E-state index contributed by atoms with van der Waals surface area (Å²) in [5.74, 6) is 0. The van der Waals surface area contributed by atoms with E-state index in [1.807, 2.05) is 0 Å². The molecule has 0 amide bonds. The summed E-state index contributed by atoms with van der Waals surface area (Å²) in [7, 11) is 2.39. The fourth-order valence-corrected chi connectivity index (χ4v) is 0.379. The molecule has 8 heavy (non-hydrogen) atoms. The van der Waals surface area contributed by atoms with Crippen LogP contribution in [0.25, 0.3) is 11.5 Å². The lowest BCUT2D eigenvalue weighted by molar-refractivity contribution is 1.56. The molecule has 0 saturated carbocycles. The minimum absolute atomic E-state index is 0.283. The van der Waals surface area contributed by atoms with Crippen LogP contribution in [0.3, 0.4) is 0 Å². The number of rotatable bonds is 2. The Bertz CT molecular complexity index is 107. The standard InChI is InChI=1S/C5H9N2P/c6-3-1-2-5(8)4-7/h1-2,4,6-7H,3,8H2/q-2. The molecule has 0 aliphatic rings. The fraction of sp³-hybridized carbons (Fsp3) is 0.200. The van der Waals surface area contributed by atoms with Crippen LogP contribution in [-0.4, -0.2) is 6.54 Å². The van der Waals surface area contributed by atoms with Crippen molar-refractivity contribution in [3.63, 3.8) is 0 Å². The molecule has 0 saturated heterocycles. The molecular formula is C5H9N2P-2. The van der Waals surface area contributed by atoms with Crippen molar-refractivity contribution < 1.29 is 0 Å². The highest BCUT2D eigenvalue weighted by atomic mass is 31.0. The molecule has 0 rings (SSSR count). The van der Waals surface area contributed by atoms with Crippen LogP contribution in [-0.2, 0) is 0 Å². The normalized spacial score (nSPS) is 13.0. The first kappa shape index (κ1) is 7.67. The van der Waals surface area contributed by atoms with Gasteiger partial charge >= 0.3 is 0 Å². The Morgan fingerprint density at radius 1 is 1.62 bits per heavy atom. The molecule has 0 aliphatic carbocycles. The van der Waals surface area contributed by atoms with Crippen LogP contribution in [0.4, 0.5) is 0 Å². The first-order valence-electron chi connectivity index (χ1n) is 2.25. The lowest BCUT2D eigenvalue weighted by Gasteiger charge is -1.93. The van der Waals surface area contributed by atoms with Gasteiger partial charge in [-0.1, -0.05) is 11.4 Å². The SMILES string of the molecule is [NH-]C=C(P)C=CC[NH-]. The molecule has 3 heteroatoms. The van der Waals surface area contributed by atoms with E-state index in [-0.39, 0.29) is 6.54 Å². The molecule has 0 aromatic heterocycles.